The summed E-state index contributed by atoms with van der Waals surface area (Å²) in [5.41, 5.74) is -0.0337. The molecule has 3 heterocycles. The van der Waals surface area contributed by atoms with Crippen LogP contribution in [0.5, 0.6) is 0 Å². The Morgan fingerprint density at radius 1 is 1.00 bits per heavy atom. The molecule has 9 nitrogen and oxygen atoms in total. The van der Waals surface area contributed by atoms with Gasteiger partial charge in [-0.2, -0.15) is 5.10 Å². The molecule has 156 valence electrons. The van der Waals surface area contributed by atoms with E-state index in [0.717, 1.165) is 31.5 Å². The van der Waals surface area contributed by atoms with E-state index < -0.39 is 10.0 Å². The molecule has 3 fully saturated rings. The Balaban J connectivity index is 1.35. The van der Waals surface area contributed by atoms with Gasteiger partial charge in [0.1, 0.15) is 5.82 Å². The second kappa shape index (κ2) is 7.29. The number of aryl methyl sites for hydroxylation is 1. The molecular weight excluding hydrogens is 382 g/mol. The van der Waals surface area contributed by atoms with Crippen molar-refractivity contribution in [2.45, 2.75) is 50.5 Å². The molecule has 1 saturated carbocycles. The van der Waals surface area contributed by atoms with Gasteiger partial charge < -0.3 is 4.90 Å². The SMILES string of the molecule is Cn1nc(C2CCN(C(=O)C3CCN(S(C)(=O)=O)CC3)CC2)n(C2CC2)c1=O. The minimum atomic E-state index is -3.17. The molecule has 10 heteroatoms. The minimum absolute atomic E-state index is 0.0337. The first-order valence-corrected chi connectivity index (χ1v) is 12.0. The third-order valence-electron chi connectivity index (χ3n) is 6.34. The maximum atomic E-state index is 12.9. The summed E-state index contributed by atoms with van der Waals surface area (Å²) in [4.78, 5) is 27.1. The van der Waals surface area contributed by atoms with E-state index >= 15 is 0 Å². The average Bonchev–Trinajstić information content (AvgIpc) is 3.47. The number of sulfonamides is 1. The molecule has 2 aliphatic heterocycles. The molecule has 4 rings (SSSR count). The van der Waals surface area contributed by atoms with Gasteiger partial charge in [-0.05, 0) is 38.5 Å². The standard InChI is InChI=1S/C18H29N5O4S/c1-20-18(25)23(15-3-4-15)16(19-20)13-5-9-21(10-6-13)17(24)14-7-11-22(12-8-14)28(2,26)27/h13-15H,3-12H2,1-2H3. The summed E-state index contributed by atoms with van der Waals surface area (Å²) in [6.07, 6.45) is 6.12. The summed E-state index contributed by atoms with van der Waals surface area (Å²) in [7, 11) is -1.47. The van der Waals surface area contributed by atoms with E-state index in [1.54, 1.807) is 7.05 Å². The van der Waals surface area contributed by atoms with Crippen LogP contribution < -0.4 is 5.69 Å². The number of rotatable bonds is 4. The smallest absolute Gasteiger partial charge is 0.342 e. The summed E-state index contributed by atoms with van der Waals surface area (Å²) in [6.45, 7) is 2.19. The van der Waals surface area contributed by atoms with Gasteiger partial charge in [-0.1, -0.05) is 0 Å². The van der Waals surface area contributed by atoms with E-state index in [1.807, 2.05) is 9.47 Å². The van der Waals surface area contributed by atoms with E-state index in [2.05, 4.69) is 5.10 Å². The fraction of sp³-hybridized carbons (Fsp3) is 0.833. The lowest BCUT2D eigenvalue weighted by Gasteiger charge is -2.36. The van der Waals surface area contributed by atoms with Crippen LogP contribution in [-0.4, -0.2) is 70.3 Å². The van der Waals surface area contributed by atoms with Gasteiger partial charge >= 0.3 is 5.69 Å². The van der Waals surface area contributed by atoms with Crippen molar-refractivity contribution >= 4 is 15.9 Å². The summed E-state index contributed by atoms with van der Waals surface area (Å²) in [6, 6.07) is 0.302. The van der Waals surface area contributed by atoms with E-state index in [0.29, 0.717) is 45.1 Å². The van der Waals surface area contributed by atoms with Crippen LogP contribution in [0, 0.1) is 5.92 Å². The molecule has 0 unspecified atom stereocenters. The second-order valence-corrected chi connectivity index (χ2v) is 10.4. The van der Waals surface area contributed by atoms with Crippen molar-refractivity contribution < 1.29 is 13.2 Å². The molecule has 0 bridgehead atoms. The molecule has 1 aromatic rings. The van der Waals surface area contributed by atoms with Gasteiger partial charge in [0.05, 0.1) is 6.26 Å². The molecule has 1 aliphatic carbocycles. The monoisotopic (exact) mass is 411 g/mol. The van der Waals surface area contributed by atoms with Crippen molar-refractivity contribution in [3.8, 4) is 0 Å². The fourth-order valence-corrected chi connectivity index (χ4v) is 5.38. The molecule has 1 aromatic heterocycles. The van der Waals surface area contributed by atoms with Crippen LogP contribution in [0.4, 0.5) is 0 Å². The van der Waals surface area contributed by atoms with Crippen LogP contribution in [-0.2, 0) is 21.9 Å². The molecule has 0 aromatic carbocycles. The van der Waals surface area contributed by atoms with Crippen molar-refractivity contribution in [2.75, 3.05) is 32.4 Å². The first-order valence-electron chi connectivity index (χ1n) is 10.1. The number of aromatic nitrogens is 3. The summed E-state index contributed by atoms with van der Waals surface area (Å²) in [5, 5.41) is 4.49. The zero-order chi connectivity index (χ0) is 20.1. The molecule has 1 amide bonds. The van der Waals surface area contributed by atoms with Crippen LogP contribution in [0.1, 0.15) is 56.3 Å². The number of hydrogen-bond acceptors (Lipinski definition) is 5. The Bertz CT molecular complexity index is 901. The van der Waals surface area contributed by atoms with Crippen LogP contribution in [0.15, 0.2) is 4.79 Å². The van der Waals surface area contributed by atoms with Crippen molar-refractivity contribution in [2.24, 2.45) is 13.0 Å². The first-order chi connectivity index (χ1) is 13.3. The van der Waals surface area contributed by atoms with Gasteiger partial charge in [0.2, 0.25) is 15.9 Å². The van der Waals surface area contributed by atoms with E-state index in [1.165, 1.54) is 15.2 Å². The second-order valence-electron chi connectivity index (χ2n) is 8.40. The lowest BCUT2D eigenvalue weighted by Crippen LogP contribution is -2.46. The van der Waals surface area contributed by atoms with Gasteiger partial charge in [0, 0.05) is 51.1 Å². The summed E-state index contributed by atoms with van der Waals surface area (Å²) >= 11 is 0. The highest BCUT2D eigenvalue weighted by molar-refractivity contribution is 7.88. The minimum Gasteiger partial charge on any atom is -0.342 e. The number of hydrogen-bond donors (Lipinski definition) is 0. The number of amides is 1. The van der Waals surface area contributed by atoms with Gasteiger partial charge in [-0.15, -0.1) is 0 Å². The highest BCUT2D eigenvalue weighted by Crippen LogP contribution is 2.37. The largest absolute Gasteiger partial charge is 0.345 e. The molecule has 28 heavy (non-hydrogen) atoms. The van der Waals surface area contributed by atoms with Crippen LogP contribution in [0.2, 0.25) is 0 Å². The van der Waals surface area contributed by atoms with Crippen molar-refractivity contribution in [1.82, 2.24) is 23.6 Å². The van der Waals surface area contributed by atoms with E-state index in [9.17, 15) is 18.0 Å². The van der Waals surface area contributed by atoms with Crippen molar-refractivity contribution in [3.05, 3.63) is 16.3 Å². The Morgan fingerprint density at radius 2 is 1.61 bits per heavy atom. The molecule has 3 aliphatic rings. The highest BCUT2D eigenvalue weighted by Gasteiger charge is 2.36. The predicted molar refractivity (Wildman–Crippen MR) is 103 cm³/mol. The predicted octanol–water partition coefficient (Wildman–Crippen LogP) is 0.294. The normalized spacial score (nSPS) is 23.3. The fourth-order valence-electron chi connectivity index (χ4n) is 4.50. The number of carbonyl (C=O) groups excluding carboxylic acids is 1. The van der Waals surface area contributed by atoms with Crippen LogP contribution in [0.3, 0.4) is 0 Å². The lowest BCUT2D eigenvalue weighted by atomic mass is 9.92. The van der Waals surface area contributed by atoms with E-state index in [-0.39, 0.29) is 23.4 Å². The van der Waals surface area contributed by atoms with E-state index in [4.69, 9.17) is 0 Å². The average molecular weight is 412 g/mol. The maximum Gasteiger partial charge on any atom is 0.345 e. The molecule has 0 atom stereocenters. The number of nitrogens with zero attached hydrogens (tertiary/aromatic N) is 5. The molecule has 0 radical (unpaired) electrons. The molecular formula is C18H29N5O4S. The van der Waals surface area contributed by atoms with Crippen molar-refractivity contribution in [1.29, 1.82) is 0 Å². The van der Waals surface area contributed by atoms with Gasteiger partial charge in [-0.3, -0.25) is 9.36 Å². The van der Waals surface area contributed by atoms with Gasteiger partial charge in [-0.25, -0.2) is 22.2 Å². The zero-order valence-electron chi connectivity index (χ0n) is 16.6. The quantitative estimate of drug-likeness (QED) is 0.710. The summed E-state index contributed by atoms with van der Waals surface area (Å²) in [5.74, 6) is 1.15. The molecule has 2 saturated heterocycles. The zero-order valence-corrected chi connectivity index (χ0v) is 17.4. The topological polar surface area (TPSA) is 97.5 Å². The van der Waals surface area contributed by atoms with Crippen molar-refractivity contribution in [3.63, 3.8) is 0 Å². The first kappa shape index (κ1) is 19.6. The number of carbonyl (C=O) groups is 1. The Morgan fingerprint density at radius 3 is 2.14 bits per heavy atom. The molecule has 0 spiro atoms. The highest BCUT2D eigenvalue weighted by atomic mass is 32.2. The van der Waals surface area contributed by atoms with Gasteiger partial charge in [0.15, 0.2) is 0 Å². The molecule has 0 N–H and O–H groups in total. The summed E-state index contributed by atoms with van der Waals surface area (Å²) < 4.78 is 28.0. The maximum absolute atomic E-state index is 12.9. The Hall–Kier alpha value is -1.68. The van der Waals surface area contributed by atoms with Crippen LogP contribution >= 0.6 is 0 Å². The van der Waals surface area contributed by atoms with Gasteiger partial charge in [0.25, 0.3) is 0 Å². The third-order valence-corrected chi connectivity index (χ3v) is 7.64. The number of likely N-dealkylation sites (tertiary alicyclic amines) is 1. The number of piperidine rings is 2. The lowest BCUT2D eigenvalue weighted by molar-refractivity contribution is -0.137. The van der Waals surface area contributed by atoms with Crippen LogP contribution in [0.25, 0.3) is 0 Å². The third kappa shape index (κ3) is 3.76. The Labute approximate surface area is 165 Å². The Kier molecular flexibility index (Phi) is 5.11.